The van der Waals surface area contributed by atoms with E-state index in [1.165, 1.54) is 22.8 Å². The average Bonchev–Trinajstić information content (AvgIpc) is 2.47. The van der Waals surface area contributed by atoms with Gasteiger partial charge in [0, 0.05) is 30.0 Å². The van der Waals surface area contributed by atoms with Gasteiger partial charge in [-0.25, -0.2) is 8.42 Å². The molecule has 1 fully saturated rings. The minimum atomic E-state index is -3.72. The first-order valence-electron chi connectivity index (χ1n) is 6.66. The first-order chi connectivity index (χ1) is 9.82. The molecule has 21 heavy (non-hydrogen) atoms. The SMILES string of the molecule is CCC1(C(=O)O)CCCN(S(=O)(=O)c2cncc(Br)c2)C1. The third-order valence-electron chi connectivity index (χ3n) is 3.99. The largest absolute Gasteiger partial charge is 0.481 e. The van der Waals surface area contributed by atoms with Crippen molar-refractivity contribution >= 4 is 31.9 Å². The number of aromatic nitrogens is 1. The topological polar surface area (TPSA) is 87.6 Å². The zero-order valence-electron chi connectivity index (χ0n) is 11.6. The van der Waals surface area contributed by atoms with Crippen LogP contribution in [0.4, 0.5) is 0 Å². The summed E-state index contributed by atoms with van der Waals surface area (Å²) in [6.07, 6.45) is 4.24. The number of nitrogens with zero attached hydrogens (tertiary/aromatic N) is 2. The van der Waals surface area contributed by atoms with Crippen LogP contribution in [0.25, 0.3) is 0 Å². The van der Waals surface area contributed by atoms with Crippen LogP contribution in [0.1, 0.15) is 26.2 Å². The monoisotopic (exact) mass is 376 g/mol. The molecule has 0 spiro atoms. The number of hydrogen-bond acceptors (Lipinski definition) is 4. The summed E-state index contributed by atoms with van der Waals surface area (Å²) in [7, 11) is -3.72. The Morgan fingerprint density at radius 2 is 2.24 bits per heavy atom. The molecule has 1 aromatic heterocycles. The number of pyridine rings is 1. The van der Waals surface area contributed by atoms with E-state index in [2.05, 4.69) is 20.9 Å². The second-order valence-corrected chi connectivity index (χ2v) is 8.07. The average molecular weight is 377 g/mol. The lowest BCUT2D eigenvalue weighted by atomic mass is 9.78. The second kappa shape index (κ2) is 6.02. The highest BCUT2D eigenvalue weighted by Crippen LogP contribution is 2.36. The van der Waals surface area contributed by atoms with Gasteiger partial charge in [0.15, 0.2) is 0 Å². The van der Waals surface area contributed by atoms with Gasteiger partial charge in [-0.3, -0.25) is 9.78 Å². The lowest BCUT2D eigenvalue weighted by molar-refractivity contribution is -0.151. The van der Waals surface area contributed by atoms with Gasteiger partial charge in [-0.2, -0.15) is 4.31 Å². The van der Waals surface area contributed by atoms with E-state index in [-0.39, 0.29) is 11.4 Å². The number of rotatable bonds is 4. The van der Waals surface area contributed by atoms with Crippen molar-refractivity contribution in [3.8, 4) is 0 Å². The van der Waals surface area contributed by atoms with Gasteiger partial charge in [0.25, 0.3) is 0 Å². The van der Waals surface area contributed by atoms with E-state index in [1.807, 2.05) is 0 Å². The predicted molar refractivity (Wildman–Crippen MR) is 80.3 cm³/mol. The maximum atomic E-state index is 12.6. The molecular formula is C13H17BrN2O4S. The summed E-state index contributed by atoms with van der Waals surface area (Å²) in [6, 6.07) is 1.48. The number of halogens is 1. The summed E-state index contributed by atoms with van der Waals surface area (Å²) in [4.78, 5) is 15.5. The van der Waals surface area contributed by atoms with Crippen LogP contribution < -0.4 is 0 Å². The Morgan fingerprint density at radius 3 is 2.81 bits per heavy atom. The molecule has 1 aromatic rings. The minimum Gasteiger partial charge on any atom is -0.481 e. The van der Waals surface area contributed by atoms with Crippen molar-refractivity contribution in [2.24, 2.45) is 5.41 Å². The third-order valence-corrected chi connectivity index (χ3v) is 6.23. The summed E-state index contributed by atoms with van der Waals surface area (Å²) in [6.45, 7) is 2.13. The molecule has 1 aliphatic heterocycles. The smallest absolute Gasteiger partial charge is 0.310 e. The van der Waals surface area contributed by atoms with Crippen LogP contribution in [0.3, 0.4) is 0 Å². The molecule has 0 radical (unpaired) electrons. The molecule has 1 unspecified atom stereocenters. The van der Waals surface area contributed by atoms with E-state index in [9.17, 15) is 18.3 Å². The number of carbonyl (C=O) groups is 1. The summed E-state index contributed by atoms with van der Waals surface area (Å²) in [5.74, 6) is -0.933. The molecule has 1 saturated heterocycles. The molecule has 1 atom stereocenters. The highest BCUT2D eigenvalue weighted by molar-refractivity contribution is 9.10. The van der Waals surface area contributed by atoms with Gasteiger partial charge in [-0.1, -0.05) is 6.92 Å². The molecule has 1 aliphatic rings. The molecule has 1 N–H and O–H groups in total. The summed E-state index contributed by atoms with van der Waals surface area (Å²) >= 11 is 3.20. The highest BCUT2D eigenvalue weighted by atomic mass is 79.9. The molecular weight excluding hydrogens is 360 g/mol. The van der Waals surface area contributed by atoms with Crippen molar-refractivity contribution in [3.05, 3.63) is 22.9 Å². The van der Waals surface area contributed by atoms with E-state index in [0.717, 1.165) is 0 Å². The Kier molecular flexibility index (Phi) is 4.69. The van der Waals surface area contributed by atoms with E-state index in [4.69, 9.17) is 0 Å². The van der Waals surface area contributed by atoms with Gasteiger partial charge >= 0.3 is 5.97 Å². The van der Waals surface area contributed by atoms with Crippen molar-refractivity contribution in [2.75, 3.05) is 13.1 Å². The number of aliphatic carboxylic acids is 1. The van der Waals surface area contributed by atoms with E-state index in [0.29, 0.717) is 30.3 Å². The van der Waals surface area contributed by atoms with Gasteiger partial charge in [0.1, 0.15) is 4.90 Å². The number of hydrogen-bond donors (Lipinski definition) is 1. The molecule has 0 bridgehead atoms. The molecule has 0 amide bonds. The summed E-state index contributed by atoms with van der Waals surface area (Å²) in [5, 5.41) is 9.45. The molecule has 0 aliphatic carbocycles. The molecule has 116 valence electrons. The zero-order valence-corrected chi connectivity index (χ0v) is 14.0. The Morgan fingerprint density at radius 1 is 1.52 bits per heavy atom. The van der Waals surface area contributed by atoms with Crippen LogP contribution >= 0.6 is 15.9 Å². The van der Waals surface area contributed by atoms with Crippen LogP contribution in [0.15, 0.2) is 27.8 Å². The van der Waals surface area contributed by atoms with Crippen LogP contribution in [0.5, 0.6) is 0 Å². The normalized spacial score (nSPS) is 23.9. The fraction of sp³-hybridized carbons (Fsp3) is 0.538. The van der Waals surface area contributed by atoms with E-state index < -0.39 is 21.4 Å². The maximum Gasteiger partial charge on any atom is 0.310 e. The third kappa shape index (κ3) is 3.12. The fourth-order valence-corrected chi connectivity index (χ4v) is 4.66. The molecule has 8 heteroatoms. The number of piperidine rings is 1. The van der Waals surface area contributed by atoms with Gasteiger partial charge < -0.3 is 5.11 Å². The molecule has 6 nitrogen and oxygen atoms in total. The van der Waals surface area contributed by atoms with Crippen molar-refractivity contribution in [1.29, 1.82) is 0 Å². The summed E-state index contributed by atoms with van der Waals surface area (Å²) in [5.41, 5.74) is -0.995. The lowest BCUT2D eigenvalue weighted by Crippen LogP contribution is -2.49. The van der Waals surface area contributed by atoms with Gasteiger partial charge in [0.05, 0.1) is 5.41 Å². The number of carboxylic acid groups (broad SMARTS) is 1. The van der Waals surface area contributed by atoms with Crippen molar-refractivity contribution in [1.82, 2.24) is 9.29 Å². The minimum absolute atomic E-state index is 0.00762. The first kappa shape index (κ1) is 16.4. The second-order valence-electron chi connectivity index (χ2n) is 5.22. The Hall–Kier alpha value is -0.990. The van der Waals surface area contributed by atoms with Crippen LogP contribution in [0.2, 0.25) is 0 Å². The van der Waals surface area contributed by atoms with Crippen molar-refractivity contribution in [3.63, 3.8) is 0 Å². The zero-order chi connectivity index (χ0) is 15.7. The molecule has 0 saturated carbocycles. The van der Waals surface area contributed by atoms with Gasteiger partial charge in [-0.15, -0.1) is 0 Å². The molecule has 2 rings (SSSR count). The lowest BCUT2D eigenvalue weighted by Gasteiger charge is -2.38. The highest BCUT2D eigenvalue weighted by Gasteiger charge is 2.44. The Bertz CT molecular complexity index is 649. The number of sulfonamides is 1. The van der Waals surface area contributed by atoms with Gasteiger partial charge in [0.2, 0.25) is 10.0 Å². The predicted octanol–water partition coefficient (Wildman–Crippen LogP) is 2.11. The fourth-order valence-electron chi connectivity index (χ4n) is 2.59. The first-order valence-corrected chi connectivity index (χ1v) is 8.89. The van der Waals surface area contributed by atoms with Crippen LogP contribution in [-0.2, 0) is 14.8 Å². The number of carboxylic acids is 1. The quantitative estimate of drug-likeness (QED) is 0.869. The van der Waals surface area contributed by atoms with E-state index >= 15 is 0 Å². The van der Waals surface area contributed by atoms with E-state index in [1.54, 1.807) is 6.92 Å². The van der Waals surface area contributed by atoms with Gasteiger partial charge in [-0.05, 0) is 41.3 Å². The van der Waals surface area contributed by atoms with Crippen LogP contribution in [0, 0.1) is 5.41 Å². The van der Waals surface area contributed by atoms with Crippen molar-refractivity contribution < 1.29 is 18.3 Å². The standard InChI is InChI=1S/C13H17BrN2O4S/c1-2-13(12(17)18)4-3-5-16(9-13)21(19,20)11-6-10(14)7-15-8-11/h6-8H,2-5,9H2,1H3,(H,17,18). The molecule has 0 aromatic carbocycles. The molecule has 2 heterocycles. The van der Waals surface area contributed by atoms with Crippen LogP contribution in [-0.4, -0.2) is 41.9 Å². The maximum absolute atomic E-state index is 12.6. The van der Waals surface area contributed by atoms with Crippen molar-refractivity contribution in [2.45, 2.75) is 31.1 Å². The summed E-state index contributed by atoms with van der Waals surface area (Å²) < 4.78 is 27.1. The Balaban J connectivity index is 2.35. The Labute approximate surface area is 132 Å².